The molecule has 0 radical (unpaired) electrons. The number of benzene rings is 1. The highest BCUT2D eigenvalue weighted by Gasteiger charge is 2.29. The molecule has 1 aliphatic rings. The minimum Gasteiger partial charge on any atom is -0.492 e. The number of aryl methyl sites for hydroxylation is 1. The number of halogens is 2. The number of ether oxygens (including phenoxy) is 2. The predicted octanol–water partition coefficient (Wildman–Crippen LogP) is 3.64. The molecule has 0 saturated heterocycles. The maximum Gasteiger partial charge on any atom is 0.331 e. The minimum atomic E-state index is -0.721. The summed E-state index contributed by atoms with van der Waals surface area (Å²) in [5.41, 5.74) is 3.70. The first-order valence-electron chi connectivity index (χ1n) is 8.37. The molecule has 3 rings (SSSR count). The molecule has 2 heterocycles. The zero-order chi connectivity index (χ0) is 18.8. The van der Waals surface area contributed by atoms with Gasteiger partial charge in [-0.1, -0.05) is 11.6 Å². The highest BCUT2D eigenvalue weighted by molar-refractivity contribution is 6.32. The smallest absolute Gasteiger partial charge is 0.331 e. The van der Waals surface area contributed by atoms with Gasteiger partial charge in [0.15, 0.2) is 17.6 Å². The van der Waals surface area contributed by atoms with E-state index in [2.05, 4.69) is 9.98 Å². The quantitative estimate of drug-likeness (QED) is 0.826. The molecule has 7 heteroatoms. The molecule has 0 fully saturated rings. The number of aromatic nitrogens is 1. The molecule has 1 aromatic heterocycles. The van der Waals surface area contributed by atoms with E-state index in [1.165, 1.54) is 7.11 Å². The van der Waals surface area contributed by atoms with Crippen molar-refractivity contribution in [3.63, 3.8) is 0 Å². The monoisotopic (exact) mass is 378 g/mol. The molecule has 0 amide bonds. The van der Waals surface area contributed by atoms with E-state index in [1.807, 2.05) is 13.1 Å². The maximum absolute atomic E-state index is 14.9. The number of esters is 1. The summed E-state index contributed by atoms with van der Waals surface area (Å²) in [6.07, 6.45) is 2.68. The van der Waals surface area contributed by atoms with Gasteiger partial charge in [0.2, 0.25) is 0 Å². The number of methoxy groups -OCH3 is 1. The highest BCUT2D eigenvalue weighted by Crippen LogP contribution is 2.32. The Kier molecular flexibility index (Phi) is 5.32. The lowest BCUT2D eigenvalue weighted by Crippen LogP contribution is -2.25. The molecule has 5 nitrogen and oxygen atoms in total. The van der Waals surface area contributed by atoms with E-state index >= 15 is 0 Å². The second-order valence-corrected chi connectivity index (χ2v) is 6.50. The average Bonchev–Trinajstić information content (AvgIpc) is 2.83. The summed E-state index contributed by atoms with van der Waals surface area (Å²) in [4.78, 5) is 20.1. The molecular weight excluding hydrogens is 359 g/mol. The number of fused-ring (bicyclic) bond motifs is 1. The van der Waals surface area contributed by atoms with E-state index in [4.69, 9.17) is 21.1 Å². The van der Waals surface area contributed by atoms with Crippen molar-refractivity contribution in [2.24, 2.45) is 4.99 Å². The molecular formula is C19H20ClFN2O3. The lowest BCUT2D eigenvalue weighted by atomic mass is 10.0. The minimum absolute atomic E-state index is 0.0355. The lowest BCUT2D eigenvalue weighted by Gasteiger charge is -2.13. The third-order valence-corrected chi connectivity index (χ3v) is 4.78. The highest BCUT2D eigenvalue weighted by atomic mass is 35.5. The van der Waals surface area contributed by atoms with Crippen molar-refractivity contribution < 1.29 is 18.7 Å². The van der Waals surface area contributed by atoms with Crippen LogP contribution in [0.4, 0.5) is 4.39 Å². The van der Waals surface area contributed by atoms with Crippen molar-refractivity contribution >= 4 is 23.3 Å². The van der Waals surface area contributed by atoms with Gasteiger partial charge in [-0.15, -0.1) is 0 Å². The Labute approximate surface area is 156 Å². The van der Waals surface area contributed by atoms with Crippen LogP contribution in [0.15, 0.2) is 23.3 Å². The Balaban J connectivity index is 2.11. The number of carbonyl (C=O) groups is 1. The van der Waals surface area contributed by atoms with Gasteiger partial charge in [-0.05, 0) is 37.1 Å². The second-order valence-electron chi connectivity index (χ2n) is 6.10. The number of carbonyl (C=O) groups excluding carboxylic acids is 1. The van der Waals surface area contributed by atoms with Crippen LogP contribution in [-0.2, 0) is 22.4 Å². The maximum atomic E-state index is 14.9. The van der Waals surface area contributed by atoms with Gasteiger partial charge in [-0.2, -0.15) is 0 Å². The van der Waals surface area contributed by atoms with Crippen LogP contribution in [0, 0.1) is 12.7 Å². The Hall–Kier alpha value is -2.34. The predicted molar refractivity (Wildman–Crippen MR) is 97.9 cm³/mol. The Morgan fingerprint density at radius 2 is 2.23 bits per heavy atom. The van der Waals surface area contributed by atoms with E-state index in [-0.39, 0.29) is 22.9 Å². The van der Waals surface area contributed by atoms with Gasteiger partial charge in [-0.3, -0.25) is 4.99 Å². The van der Waals surface area contributed by atoms with E-state index in [9.17, 15) is 9.18 Å². The molecule has 2 aromatic rings. The van der Waals surface area contributed by atoms with Crippen LogP contribution in [-0.4, -0.2) is 36.4 Å². The van der Waals surface area contributed by atoms with Crippen molar-refractivity contribution in [3.05, 3.63) is 51.6 Å². The second kappa shape index (κ2) is 7.50. The number of aliphatic imine (C=N–C) groups is 1. The van der Waals surface area contributed by atoms with Crippen LogP contribution in [0.2, 0.25) is 5.02 Å². The van der Waals surface area contributed by atoms with Crippen LogP contribution in [0.25, 0.3) is 0 Å². The van der Waals surface area contributed by atoms with Crippen molar-refractivity contribution in [2.45, 2.75) is 32.7 Å². The van der Waals surface area contributed by atoms with Gasteiger partial charge in [0.05, 0.1) is 24.5 Å². The molecule has 0 bridgehead atoms. The molecule has 1 aromatic carbocycles. The van der Waals surface area contributed by atoms with Crippen molar-refractivity contribution in [1.29, 1.82) is 0 Å². The van der Waals surface area contributed by atoms with E-state index in [0.29, 0.717) is 18.6 Å². The molecule has 26 heavy (non-hydrogen) atoms. The number of aromatic amines is 1. The molecule has 1 unspecified atom stereocenters. The summed E-state index contributed by atoms with van der Waals surface area (Å²) in [6, 6.07) is 2.40. The third-order valence-electron chi connectivity index (χ3n) is 4.48. The molecule has 1 atom stereocenters. The number of nitrogens with one attached hydrogen (secondary N) is 1. The number of hydrogen-bond donors (Lipinski definition) is 1. The average molecular weight is 379 g/mol. The summed E-state index contributed by atoms with van der Waals surface area (Å²) in [6.45, 7) is 3.98. The zero-order valence-electron chi connectivity index (χ0n) is 14.9. The standard InChI is InChI=1S/C19H20ClFN2O3/c1-4-26-19(24)16-7-12-10(2)9-22-14(12)8-15(23-16)11-5-6-13(20)18(25-3)17(11)21/h5-6,9,16,22H,4,7-8H2,1-3H3. The molecule has 1 aliphatic heterocycles. The zero-order valence-corrected chi connectivity index (χ0v) is 15.6. The van der Waals surface area contributed by atoms with Gasteiger partial charge in [0.1, 0.15) is 0 Å². The fraction of sp³-hybridized carbons (Fsp3) is 0.368. The number of hydrogen-bond acceptors (Lipinski definition) is 4. The summed E-state index contributed by atoms with van der Waals surface area (Å²) < 4.78 is 25.1. The van der Waals surface area contributed by atoms with E-state index in [1.54, 1.807) is 19.1 Å². The fourth-order valence-electron chi connectivity index (χ4n) is 3.17. The summed E-state index contributed by atoms with van der Waals surface area (Å²) in [5.74, 6) is -1.04. The molecule has 0 aliphatic carbocycles. The summed E-state index contributed by atoms with van der Waals surface area (Å²) in [5, 5.41) is 0.182. The van der Waals surface area contributed by atoms with Crippen molar-refractivity contribution in [1.82, 2.24) is 4.98 Å². The first kappa shape index (κ1) is 18.5. The normalized spacial score (nSPS) is 16.5. The van der Waals surface area contributed by atoms with E-state index < -0.39 is 17.8 Å². The SMILES string of the molecule is CCOC(=O)C1Cc2c(C)c[nH]c2CC(c2ccc(Cl)c(OC)c2F)=N1. The van der Waals surface area contributed by atoms with Gasteiger partial charge in [0.25, 0.3) is 0 Å². The van der Waals surface area contributed by atoms with Crippen molar-refractivity contribution in [3.8, 4) is 5.75 Å². The largest absolute Gasteiger partial charge is 0.492 e. The molecule has 138 valence electrons. The number of nitrogens with zero attached hydrogens (tertiary/aromatic N) is 1. The van der Waals surface area contributed by atoms with Crippen LogP contribution >= 0.6 is 11.6 Å². The Morgan fingerprint density at radius 1 is 1.46 bits per heavy atom. The van der Waals surface area contributed by atoms with Gasteiger partial charge in [0, 0.05) is 30.3 Å². The summed E-state index contributed by atoms with van der Waals surface area (Å²) >= 11 is 5.99. The molecule has 0 spiro atoms. The first-order chi connectivity index (χ1) is 12.5. The molecule has 1 N–H and O–H groups in total. The van der Waals surface area contributed by atoms with E-state index in [0.717, 1.165) is 16.8 Å². The third kappa shape index (κ3) is 3.33. The van der Waals surface area contributed by atoms with Crippen molar-refractivity contribution in [2.75, 3.05) is 13.7 Å². The van der Waals surface area contributed by atoms with Gasteiger partial charge < -0.3 is 14.5 Å². The first-order valence-corrected chi connectivity index (χ1v) is 8.75. The van der Waals surface area contributed by atoms with Gasteiger partial charge >= 0.3 is 5.97 Å². The Morgan fingerprint density at radius 3 is 2.92 bits per heavy atom. The van der Waals surface area contributed by atoms with Crippen LogP contribution < -0.4 is 4.74 Å². The van der Waals surface area contributed by atoms with Crippen LogP contribution in [0.3, 0.4) is 0 Å². The summed E-state index contributed by atoms with van der Waals surface area (Å²) in [7, 11) is 1.36. The fourth-order valence-corrected chi connectivity index (χ4v) is 3.39. The topological polar surface area (TPSA) is 63.7 Å². The number of H-pyrrole nitrogens is 1. The molecule has 0 saturated carbocycles. The van der Waals surface area contributed by atoms with Crippen LogP contribution in [0.1, 0.15) is 29.3 Å². The lowest BCUT2D eigenvalue weighted by molar-refractivity contribution is -0.144. The Bertz CT molecular complexity index is 876. The number of rotatable bonds is 4. The van der Waals surface area contributed by atoms with Gasteiger partial charge in [-0.25, -0.2) is 9.18 Å². The van der Waals surface area contributed by atoms with Crippen LogP contribution in [0.5, 0.6) is 5.75 Å².